The van der Waals surface area contributed by atoms with Crippen molar-refractivity contribution < 1.29 is 9.59 Å². The van der Waals surface area contributed by atoms with Crippen LogP contribution in [0.25, 0.3) is 6.08 Å². The molecular formula is C22H25N3O2. The van der Waals surface area contributed by atoms with Crippen LogP contribution < -0.4 is 10.6 Å². The van der Waals surface area contributed by atoms with Crippen LogP contribution in [-0.4, -0.2) is 36.0 Å². The summed E-state index contributed by atoms with van der Waals surface area (Å²) in [6.45, 7) is 3.29. The van der Waals surface area contributed by atoms with E-state index in [1.54, 1.807) is 11.0 Å². The Hall–Kier alpha value is -3.08. The third-order valence-electron chi connectivity index (χ3n) is 4.62. The van der Waals surface area contributed by atoms with Crippen molar-refractivity contribution in [3.8, 4) is 0 Å². The first kappa shape index (κ1) is 18.7. The van der Waals surface area contributed by atoms with Crippen LogP contribution in [0.5, 0.6) is 0 Å². The van der Waals surface area contributed by atoms with Crippen LogP contribution in [0.4, 0.5) is 10.5 Å². The van der Waals surface area contributed by atoms with Gasteiger partial charge in [-0.3, -0.25) is 4.79 Å². The van der Waals surface area contributed by atoms with E-state index in [1.807, 2.05) is 67.6 Å². The summed E-state index contributed by atoms with van der Waals surface area (Å²) in [7, 11) is 0. The number of nitrogens with one attached hydrogen (secondary N) is 2. The van der Waals surface area contributed by atoms with Crippen molar-refractivity contribution in [1.29, 1.82) is 0 Å². The maximum Gasteiger partial charge on any atom is 0.321 e. The fourth-order valence-corrected chi connectivity index (χ4v) is 3.15. The Morgan fingerprint density at radius 1 is 1.04 bits per heavy atom. The Bertz CT molecular complexity index is 809. The third kappa shape index (κ3) is 5.71. The van der Waals surface area contributed by atoms with Gasteiger partial charge in [0.25, 0.3) is 0 Å². The summed E-state index contributed by atoms with van der Waals surface area (Å²) in [5.41, 5.74) is 2.97. The lowest BCUT2D eigenvalue weighted by Crippen LogP contribution is -2.47. The lowest BCUT2D eigenvalue weighted by Gasteiger charge is -2.32. The molecular weight excluding hydrogens is 338 g/mol. The Labute approximate surface area is 160 Å². The highest BCUT2D eigenvalue weighted by Crippen LogP contribution is 2.13. The molecule has 0 atom stereocenters. The van der Waals surface area contributed by atoms with Crippen molar-refractivity contribution in [2.24, 2.45) is 0 Å². The van der Waals surface area contributed by atoms with Gasteiger partial charge >= 0.3 is 6.03 Å². The Kier molecular flexibility index (Phi) is 6.26. The van der Waals surface area contributed by atoms with Crippen LogP contribution in [0.1, 0.15) is 24.0 Å². The van der Waals surface area contributed by atoms with Gasteiger partial charge in [-0.05, 0) is 43.5 Å². The van der Waals surface area contributed by atoms with Crippen LogP contribution in [0, 0.1) is 6.92 Å². The predicted molar refractivity (Wildman–Crippen MR) is 108 cm³/mol. The number of anilines is 1. The topological polar surface area (TPSA) is 61.4 Å². The first-order valence-electron chi connectivity index (χ1n) is 9.26. The molecule has 2 aromatic carbocycles. The van der Waals surface area contributed by atoms with E-state index in [1.165, 1.54) is 5.56 Å². The summed E-state index contributed by atoms with van der Waals surface area (Å²) in [6.07, 6.45) is 4.91. The van der Waals surface area contributed by atoms with Gasteiger partial charge in [0.2, 0.25) is 5.91 Å². The number of carbonyl (C=O) groups excluding carboxylic acids is 2. The zero-order valence-corrected chi connectivity index (χ0v) is 15.5. The number of rotatable bonds is 4. The summed E-state index contributed by atoms with van der Waals surface area (Å²) in [4.78, 5) is 26.2. The van der Waals surface area contributed by atoms with Gasteiger partial charge in [0.05, 0.1) is 0 Å². The van der Waals surface area contributed by atoms with Crippen LogP contribution >= 0.6 is 0 Å². The molecule has 0 saturated carbocycles. The number of para-hydroxylation sites is 1. The van der Waals surface area contributed by atoms with Gasteiger partial charge in [0.1, 0.15) is 0 Å². The monoisotopic (exact) mass is 363 g/mol. The lowest BCUT2D eigenvalue weighted by molar-refractivity contribution is -0.117. The number of nitrogens with zero attached hydrogens (tertiary/aromatic N) is 1. The first-order valence-corrected chi connectivity index (χ1v) is 9.26. The van der Waals surface area contributed by atoms with Gasteiger partial charge in [-0.15, -0.1) is 0 Å². The van der Waals surface area contributed by atoms with Crippen LogP contribution in [-0.2, 0) is 4.79 Å². The average Bonchev–Trinajstić information content (AvgIpc) is 2.68. The minimum Gasteiger partial charge on any atom is -0.350 e. The molecule has 3 rings (SSSR count). The summed E-state index contributed by atoms with van der Waals surface area (Å²) in [5.74, 6) is -0.0938. The zero-order valence-electron chi connectivity index (χ0n) is 15.5. The van der Waals surface area contributed by atoms with Crippen LogP contribution in [0.3, 0.4) is 0 Å². The molecule has 5 heteroatoms. The molecule has 0 radical (unpaired) electrons. The standard InChI is InChI=1S/C22H25N3O2/c1-17-6-5-7-18(16-17)10-11-21(26)23-20-12-14-25(15-13-20)22(27)24-19-8-3-2-4-9-19/h2-11,16,20H,12-15H2,1H3,(H,23,26)(H,24,27). The molecule has 0 bridgehead atoms. The van der Waals surface area contributed by atoms with E-state index >= 15 is 0 Å². The molecule has 1 aliphatic rings. The maximum absolute atomic E-state index is 12.3. The summed E-state index contributed by atoms with van der Waals surface area (Å²) < 4.78 is 0. The quantitative estimate of drug-likeness (QED) is 0.811. The molecule has 1 heterocycles. The van der Waals surface area contributed by atoms with E-state index in [-0.39, 0.29) is 18.0 Å². The Balaban J connectivity index is 1.43. The zero-order chi connectivity index (χ0) is 19.1. The second kappa shape index (κ2) is 9.03. The number of carbonyl (C=O) groups is 2. The largest absolute Gasteiger partial charge is 0.350 e. The van der Waals surface area contributed by atoms with Crippen molar-refractivity contribution in [3.63, 3.8) is 0 Å². The number of hydrogen-bond acceptors (Lipinski definition) is 2. The average molecular weight is 363 g/mol. The number of benzene rings is 2. The van der Waals surface area contributed by atoms with Crippen molar-refractivity contribution in [3.05, 3.63) is 71.8 Å². The molecule has 1 aliphatic heterocycles. The molecule has 27 heavy (non-hydrogen) atoms. The van der Waals surface area contributed by atoms with E-state index in [0.717, 1.165) is 24.1 Å². The Morgan fingerprint density at radius 3 is 2.48 bits per heavy atom. The number of likely N-dealkylation sites (tertiary alicyclic amines) is 1. The van der Waals surface area contributed by atoms with E-state index in [9.17, 15) is 9.59 Å². The fourth-order valence-electron chi connectivity index (χ4n) is 3.15. The minimum absolute atomic E-state index is 0.0923. The number of hydrogen-bond donors (Lipinski definition) is 2. The van der Waals surface area contributed by atoms with Crippen molar-refractivity contribution in [2.45, 2.75) is 25.8 Å². The molecule has 0 unspecified atom stereocenters. The summed E-state index contributed by atoms with van der Waals surface area (Å²) >= 11 is 0. The summed E-state index contributed by atoms with van der Waals surface area (Å²) in [5, 5.41) is 5.93. The number of amides is 3. The highest BCUT2D eigenvalue weighted by molar-refractivity contribution is 5.92. The molecule has 0 aliphatic carbocycles. The van der Waals surface area contributed by atoms with Crippen LogP contribution in [0.2, 0.25) is 0 Å². The molecule has 0 spiro atoms. The van der Waals surface area contributed by atoms with Crippen molar-refractivity contribution >= 4 is 23.7 Å². The maximum atomic E-state index is 12.3. The smallest absolute Gasteiger partial charge is 0.321 e. The molecule has 2 N–H and O–H groups in total. The van der Waals surface area contributed by atoms with Crippen LogP contribution in [0.15, 0.2) is 60.7 Å². The molecule has 2 aromatic rings. The molecule has 1 saturated heterocycles. The number of piperidine rings is 1. The van der Waals surface area contributed by atoms with Gasteiger partial charge in [-0.2, -0.15) is 0 Å². The second-order valence-electron chi connectivity index (χ2n) is 6.81. The van der Waals surface area contributed by atoms with Gasteiger partial charge < -0.3 is 15.5 Å². The summed E-state index contributed by atoms with van der Waals surface area (Å²) in [6, 6.07) is 17.4. The molecule has 0 aromatic heterocycles. The predicted octanol–water partition coefficient (Wildman–Crippen LogP) is 3.82. The minimum atomic E-state index is -0.0938. The van der Waals surface area contributed by atoms with E-state index in [0.29, 0.717) is 13.1 Å². The normalized spacial score (nSPS) is 14.9. The van der Waals surface area contributed by atoms with Gasteiger partial charge in [-0.1, -0.05) is 48.0 Å². The highest BCUT2D eigenvalue weighted by Gasteiger charge is 2.23. The molecule has 140 valence electrons. The number of aryl methyl sites for hydroxylation is 1. The first-order chi connectivity index (χ1) is 13.1. The molecule has 1 fully saturated rings. The highest BCUT2D eigenvalue weighted by atomic mass is 16.2. The van der Waals surface area contributed by atoms with Crippen molar-refractivity contribution in [2.75, 3.05) is 18.4 Å². The second-order valence-corrected chi connectivity index (χ2v) is 6.81. The SMILES string of the molecule is Cc1cccc(C=CC(=O)NC2CCN(C(=O)Nc3ccccc3)CC2)c1. The third-order valence-corrected chi connectivity index (χ3v) is 4.62. The van der Waals surface area contributed by atoms with Gasteiger partial charge in [0.15, 0.2) is 0 Å². The van der Waals surface area contributed by atoms with E-state index in [2.05, 4.69) is 10.6 Å². The van der Waals surface area contributed by atoms with E-state index < -0.39 is 0 Å². The number of urea groups is 1. The molecule has 3 amide bonds. The fraction of sp³-hybridized carbons (Fsp3) is 0.273. The molecule has 5 nitrogen and oxygen atoms in total. The van der Waals surface area contributed by atoms with Gasteiger partial charge in [-0.25, -0.2) is 4.79 Å². The lowest BCUT2D eigenvalue weighted by atomic mass is 10.1. The van der Waals surface area contributed by atoms with Gasteiger partial charge in [0, 0.05) is 30.9 Å². The van der Waals surface area contributed by atoms with E-state index in [4.69, 9.17) is 0 Å². The Morgan fingerprint density at radius 2 is 1.78 bits per heavy atom. The van der Waals surface area contributed by atoms with Crippen molar-refractivity contribution in [1.82, 2.24) is 10.2 Å².